The maximum Gasteiger partial charge on any atom is 0.139 e. The molecule has 1 atom stereocenters. The second-order valence-electron chi connectivity index (χ2n) is 3.39. The van der Waals surface area contributed by atoms with Crippen molar-refractivity contribution in [2.45, 2.75) is 20.0 Å². The van der Waals surface area contributed by atoms with Gasteiger partial charge in [-0.05, 0) is 41.4 Å². The Bertz CT molecular complexity index is 476. The van der Waals surface area contributed by atoms with E-state index >= 15 is 0 Å². The Kier molecular flexibility index (Phi) is 2.33. The number of aliphatic hydroxyl groups excluding tert-OH is 1. The molecule has 4 heteroatoms. The molecule has 2 aromatic rings. The molecular weight excluding hydrogens is 244 g/mol. The third-order valence-corrected chi connectivity index (χ3v) is 2.65. The Labute approximate surface area is 90.5 Å². The largest absolute Gasteiger partial charge is 0.387 e. The van der Waals surface area contributed by atoms with Gasteiger partial charge in [0.05, 0.1) is 18.0 Å². The maximum atomic E-state index is 9.52. The lowest BCUT2D eigenvalue weighted by Crippen LogP contribution is -1.98. The van der Waals surface area contributed by atoms with Crippen LogP contribution >= 0.6 is 15.9 Å². The van der Waals surface area contributed by atoms with E-state index in [9.17, 15) is 5.11 Å². The van der Waals surface area contributed by atoms with E-state index in [0.29, 0.717) is 0 Å². The number of nitrogens with zero attached hydrogens (tertiary/aromatic N) is 2. The van der Waals surface area contributed by atoms with E-state index in [1.54, 1.807) is 13.1 Å². The van der Waals surface area contributed by atoms with Crippen LogP contribution in [0.5, 0.6) is 0 Å². The monoisotopic (exact) mass is 254 g/mol. The summed E-state index contributed by atoms with van der Waals surface area (Å²) in [6, 6.07) is 2.01. The first-order chi connectivity index (χ1) is 6.59. The van der Waals surface area contributed by atoms with E-state index in [4.69, 9.17) is 0 Å². The minimum atomic E-state index is -0.501. The molecular formula is C10H11BrN2O. The average Bonchev–Trinajstić information content (AvgIpc) is 2.47. The first-order valence-electron chi connectivity index (χ1n) is 4.41. The highest BCUT2D eigenvalue weighted by atomic mass is 79.9. The molecule has 0 saturated carbocycles. The zero-order valence-electron chi connectivity index (χ0n) is 8.03. The van der Waals surface area contributed by atoms with Crippen molar-refractivity contribution in [1.82, 2.24) is 9.38 Å². The Morgan fingerprint density at radius 3 is 2.93 bits per heavy atom. The number of aryl methyl sites for hydroxylation is 1. The zero-order valence-corrected chi connectivity index (χ0v) is 9.62. The van der Waals surface area contributed by atoms with Gasteiger partial charge in [-0.2, -0.15) is 0 Å². The highest BCUT2D eigenvalue weighted by molar-refractivity contribution is 9.10. The minimum Gasteiger partial charge on any atom is -0.387 e. The number of rotatable bonds is 1. The number of fused-ring (bicyclic) bond motifs is 1. The number of hydrogen-bond donors (Lipinski definition) is 1. The van der Waals surface area contributed by atoms with E-state index < -0.39 is 6.10 Å². The maximum absolute atomic E-state index is 9.52. The van der Waals surface area contributed by atoms with Crippen LogP contribution in [0.1, 0.15) is 24.3 Å². The molecule has 74 valence electrons. The molecule has 0 amide bonds. The predicted molar refractivity (Wildman–Crippen MR) is 58.3 cm³/mol. The normalized spacial score (nSPS) is 13.4. The third kappa shape index (κ3) is 1.44. The van der Waals surface area contributed by atoms with Crippen LogP contribution in [0.15, 0.2) is 22.9 Å². The third-order valence-electron chi connectivity index (χ3n) is 2.21. The highest BCUT2D eigenvalue weighted by Gasteiger charge is 2.09. The molecule has 0 spiro atoms. The van der Waals surface area contributed by atoms with E-state index in [2.05, 4.69) is 20.9 Å². The van der Waals surface area contributed by atoms with Gasteiger partial charge in [-0.15, -0.1) is 0 Å². The Morgan fingerprint density at radius 1 is 1.57 bits per heavy atom. The Balaban J connectivity index is 2.78. The standard InChI is InChI=1S/C10H11BrN2O/c1-6-3-8(11)5-13-9(7(2)14)4-12-10(6)13/h3-5,7,14H,1-2H3. The lowest BCUT2D eigenvalue weighted by atomic mass is 10.3. The summed E-state index contributed by atoms with van der Waals surface area (Å²) in [5.74, 6) is 0. The van der Waals surface area contributed by atoms with Crippen molar-refractivity contribution < 1.29 is 5.11 Å². The van der Waals surface area contributed by atoms with Crippen LogP contribution in [0.25, 0.3) is 5.65 Å². The van der Waals surface area contributed by atoms with Gasteiger partial charge in [-0.25, -0.2) is 4.98 Å². The number of hydrogen-bond acceptors (Lipinski definition) is 2. The van der Waals surface area contributed by atoms with Gasteiger partial charge in [0.2, 0.25) is 0 Å². The molecule has 2 rings (SSSR count). The summed E-state index contributed by atoms with van der Waals surface area (Å²) < 4.78 is 2.90. The fourth-order valence-corrected chi connectivity index (χ4v) is 2.09. The summed E-state index contributed by atoms with van der Waals surface area (Å²) in [4.78, 5) is 4.26. The van der Waals surface area contributed by atoms with Crippen LogP contribution in [-0.2, 0) is 0 Å². The van der Waals surface area contributed by atoms with Crippen LogP contribution in [-0.4, -0.2) is 14.5 Å². The lowest BCUT2D eigenvalue weighted by molar-refractivity contribution is 0.193. The molecule has 0 aliphatic carbocycles. The van der Waals surface area contributed by atoms with E-state index in [1.165, 1.54) is 0 Å². The highest BCUT2D eigenvalue weighted by Crippen LogP contribution is 2.20. The predicted octanol–water partition coefficient (Wildman–Crippen LogP) is 2.46. The molecule has 0 bridgehead atoms. The molecule has 0 aliphatic heterocycles. The molecule has 2 heterocycles. The molecule has 0 radical (unpaired) electrons. The molecule has 1 unspecified atom stereocenters. The summed E-state index contributed by atoms with van der Waals surface area (Å²) in [7, 11) is 0. The average molecular weight is 255 g/mol. The first kappa shape index (κ1) is 9.68. The van der Waals surface area contributed by atoms with Crippen LogP contribution in [0.3, 0.4) is 0 Å². The smallest absolute Gasteiger partial charge is 0.139 e. The van der Waals surface area contributed by atoms with Crippen molar-refractivity contribution >= 4 is 21.6 Å². The van der Waals surface area contributed by atoms with Crippen LogP contribution in [0.2, 0.25) is 0 Å². The molecule has 1 N–H and O–H groups in total. The minimum absolute atomic E-state index is 0.501. The SMILES string of the molecule is Cc1cc(Br)cn2c(C(C)O)cnc12. The van der Waals surface area contributed by atoms with E-state index in [-0.39, 0.29) is 0 Å². The van der Waals surface area contributed by atoms with Gasteiger partial charge in [0, 0.05) is 10.7 Å². The fraction of sp³-hybridized carbons (Fsp3) is 0.300. The van der Waals surface area contributed by atoms with Crippen molar-refractivity contribution in [3.63, 3.8) is 0 Å². The Hall–Kier alpha value is -0.870. The summed E-state index contributed by atoms with van der Waals surface area (Å²) in [5, 5.41) is 9.52. The second kappa shape index (κ2) is 3.37. The number of pyridine rings is 1. The van der Waals surface area contributed by atoms with Crippen LogP contribution in [0.4, 0.5) is 0 Å². The van der Waals surface area contributed by atoms with E-state index in [1.807, 2.05) is 23.6 Å². The molecule has 0 aromatic carbocycles. The van der Waals surface area contributed by atoms with Gasteiger partial charge in [-0.1, -0.05) is 0 Å². The number of imidazole rings is 1. The quantitative estimate of drug-likeness (QED) is 0.849. The number of halogens is 1. The van der Waals surface area contributed by atoms with Gasteiger partial charge < -0.3 is 9.51 Å². The second-order valence-corrected chi connectivity index (χ2v) is 4.31. The van der Waals surface area contributed by atoms with Crippen molar-refractivity contribution in [3.8, 4) is 0 Å². The summed E-state index contributed by atoms with van der Waals surface area (Å²) in [6.45, 7) is 3.73. The van der Waals surface area contributed by atoms with Gasteiger partial charge in [-0.3, -0.25) is 0 Å². The van der Waals surface area contributed by atoms with Crippen molar-refractivity contribution in [2.75, 3.05) is 0 Å². The zero-order chi connectivity index (χ0) is 10.3. The number of aliphatic hydroxyl groups is 1. The van der Waals surface area contributed by atoms with Gasteiger partial charge >= 0.3 is 0 Å². The van der Waals surface area contributed by atoms with Gasteiger partial charge in [0.15, 0.2) is 0 Å². The molecule has 0 fully saturated rings. The molecule has 2 aromatic heterocycles. The first-order valence-corrected chi connectivity index (χ1v) is 5.20. The van der Waals surface area contributed by atoms with Gasteiger partial charge in [0.25, 0.3) is 0 Å². The van der Waals surface area contributed by atoms with Gasteiger partial charge in [0.1, 0.15) is 5.65 Å². The molecule has 0 aliphatic rings. The van der Waals surface area contributed by atoms with Crippen LogP contribution < -0.4 is 0 Å². The molecule has 0 saturated heterocycles. The lowest BCUT2D eigenvalue weighted by Gasteiger charge is -2.05. The summed E-state index contributed by atoms with van der Waals surface area (Å²) in [5.41, 5.74) is 2.79. The van der Waals surface area contributed by atoms with Crippen molar-refractivity contribution in [1.29, 1.82) is 0 Å². The van der Waals surface area contributed by atoms with Crippen molar-refractivity contribution in [3.05, 3.63) is 34.2 Å². The van der Waals surface area contributed by atoms with E-state index in [0.717, 1.165) is 21.4 Å². The Morgan fingerprint density at radius 2 is 2.29 bits per heavy atom. The summed E-state index contributed by atoms with van der Waals surface area (Å²) in [6.07, 6.45) is 3.12. The van der Waals surface area contributed by atoms with Crippen molar-refractivity contribution in [2.24, 2.45) is 0 Å². The summed E-state index contributed by atoms with van der Waals surface area (Å²) >= 11 is 3.42. The molecule has 3 nitrogen and oxygen atoms in total. The number of aromatic nitrogens is 2. The topological polar surface area (TPSA) is 37.5 Å². The van der Waals surface area contributed by atoms with Crippen LogP contribution in [0, 0.1) is 6.92 Å². The fourth-order valence-electron chi connectivity index (χ4n) is 1.54. The molecule has 14 heavy (non-hydrogen) atoms.